The zero-order valence-electron chi connectivity index (χ0n) is 11.8. The molecule has 0 unspecified atom stereocenters. The van der Waals surface area contributed by atoms with Crippen molar-refractivity contribution < 1.29 is 17.9 Å². The van der Waals surface area contributed by atoms with Gasteiger partial charge in [-0.3, -0.25) is 0 Å². The first-order chi connectivity index (χ1) is 9.74. The van der Waals surface area contributed by atoms with Crippen molar-refractivity contribution in [1.82, 2.24) is 0 Å². The van der Waals surface area contributed by atoms with E-state index in [0.29, 0.717) is 17.5 Å². The molecule has 0 spiro atoms. The van der Waals surface area contributed by atoms with Crippen molar-refractivity contribution in [2.75, 3.05) is 5.32 Å². The van der Waals surface area contributed by atoms with E-state index in [1.807, 2.05) is 0 Å². The molecule has 0 aromatic heterocycles. The summed E-state index contributed by atoms with van der Waals surface area (Å²) >= 11 is 0. The predicted octanol–water partition coefficient (Wildman–Crippen LogP) is 3.36. The van der Waals surface area contributed by atoms with Crippen LogP contribution in [-0.4, -0.2) is 18.4 Å². The lowest BCUT2D eigenvalue weighted by molar-refractivity contribution is -0.274. The molecule has 1 aromatic rings. The third kappa shape index (κ3) is 4.84. The van der Waals surface area contributed by atoms with Gasteiger partial charge in [0.15, 0.2) is 5.96 Å². The molecular weight excluding hydrogens is 283 g/mol. The Morgan fingerprint density at radius 1 is 1.43 bits per heavy atom. The Kier molecular flexibility index (Phi) is 4.29. The lowest BCUT2D eigenvalue weighted by atomic mass is 10.1. The lowest BCUT2D eigenvalue weighted by Gasteiger charge is -2.11. The number of hydrogen-bond acceptors (Lipinski definition) is 2. The molecule has 1 saturated carbocycles. The van der Waals surface area contributed by atoms with Crippen LogP contribution in [-0.2, 0) is 0 Å². The maximum absolute atomic E-state index is 12.1. The average molecular weight is 301 g/mol. The van der Waals surface area contributed by atoms with Crippen LogP contribution in [0.2, 0.25) is 0 Å². The second-order valence-electron chi connectivity index (χ2n) is 5.43. The van der Waals surface area contributed by atoms with E-state index in [9.17, 15) is 13.2 Å². The van der Waals surface area contributed by atoms with Crippen LogP contribution in [0.1, 0.15) is 20.3 Å². The van der Waals surface area contributed by atoms with E-state index in [2.05, 4.69) is 28.9 Å². The standard InChI is InChI=1S/C14H18F3N3O/c1-8(2)11-7-12(11)20-13(18)19-9-4-3-5-10(6-9)21-14(15,16)17/h3-6,8,11-12H,7H2,1-2H3,(H3,18,19,20)/t11-,12+/m0/s1. The molecule has 2 atom stereocenters. The van der Waals surface area contributed by atoms with Crippen molar-refractivity contribution in [3.63, 3.8) is 0 Å². The van der Waals surface area contributed by atoms with E-state index in [1.54, 1.807) is 6.07 Å². The molecule has 0 amide bonds. The number of nitrogens with two attached hydrogens (primary N) is 1. The maximum Gasteiger partial charge on any atom is 0.573 e. The highest BCUT2D eigenvalue weighted by molar-refractivity contribution is 5.92. The Morgan fingerprint density at radius 3 is 2.71 bits per heavy atom. The van der Waals surface area contributed by atoms with Crippen molar-refractivity contribution in [2.45, 2.75) is 32.7 Å². The first kappa shape index (κ1) is 15.5. The van der Waals surface area contributed by atoms with E-state index in [1.165, 1.54) is 18.2 Å². The van der Waals surface area contributed by atoms with Gasteiger partial charge >= 0.3 is 6.36 Å². The predicted molar refractivity (Wildman–Crippen MR) is 75.1 cm³/mol. The van der Waals surface area contributed by atoms with Crippen LogP contribution in [0.25, 0.3) is 0 Å². The van der Waals surface area contributed by atoms with Crippen molar-refractivity contribution in [3.8, 4) is 5.75 Å². The summed E-state index contributed by atoms with van der Waals surface area (Å²) in [6.45, 7) is 4.25. The van der Waals surface area contributed by atoms with Crippen LogP contribution in [0.4, 0.5) is 18.9 Å². The van der Waals surface area contributed by atoms with E-state index >= 15 is 0 Å². The maximum atomic E-state index is 12.1. The summed E-state index contributed by atoms with van der Waals surface area (Å²) in [6.07, 6.45) is -3.71. The van der Waals surface area contributed by atoms with Gasteiger partial charge in [-0.05, 0) is 30.4 Å². The fraction of sp³-hybridized carbons (Fsp3) is 0.500. The number of benzene rings is 1. The quantitative estimate of drug-likeness (QED) is 0.662. The molecule has 1 aliphatic rings. The number of hydrogen-bond donors (Lipinski definition) is 2. The highest BCUT2D eigenvalue weighted by atomic mass is 19.4. The van der Waals surface area contributed by atoms with Gasteiger partial charge in [0.05, 0.1) is 6.04 Å². The summed E-state index contributed by atoms with van der Waals surface area (Å²) < 4.78 is 40.3. The molecule has 0 aliphatic heterocycles. The lowest BCUT2D eigenvalue weighted by Crippen LogP contribution is -2.23. The number of ether oxygens (including phenoxy) is 1. The minimum atomic E-state index is -4.71. The second-order valence-corrected chi connectivity index (χ2v) is 5.43. The van der Waals surface area contributed by atoms with Gasteiger partial charge in [-0.25, -0.2) is 4.99 Å². The normalized spacial score (nSPS) is 22.3. The molecule has 1 fully saturated rings. The number of halogens is 3. The zero-order chi connectivity index (χ0) is 15.6. The van der Waals surface area contributed by atoms with Gasteiger partial charge in [0, 0.05) is 11.8 Å². The molecule has 3 N–H and O–H groups in total. The SMILES string of the molecule is CC(C)[C@@H]1C[C@H]1N=C(N)Nc1cccc(OC(F)(F)F)c1. The van der Waals surface area contributed by atoms with Gasteiger partial charge in [0.2, 0.25) is 0 Å². The molecule has 4 nitrogen and oxygen atoms in total. The molecule has 0 bridgehead atoms. The summed E-state index contributed by atoms with van der Waals surface area (Å²) in [5.41, 5.74) is 6.16. The molecule has 116 valence electrons. The minimum absolute atomic E-state index is 0.201. The Hall–Kier alpha value is -1.92. The van der Waals surface area contributed by atoms with Crippen LogP contribution in [0.15, 0.2) is 29.3 Å². The third-order valence-corrected chi connectivity index (χ3v) is 3.31. The number of nitrogens with one attached hydrogen (secondary N) is 1. The number of guanidine groups is 1. The van der Waals surface area contributed by atoms with Crippen molar-refractivity contribution in [1.29, 1.82) is 0 Å². The number of rotatable bonds is 4. The molecule has 0 radical (unpaired) electrons. The topological polar surface area (TPSA) is 59.6 Å². The van der Waals surface area contributed by atoms with Gasteiger partial charge in [0.25, 0.3) is 0 Å². The van der Waals surface area contributed by atoms with E-state index in [-0.39, 0.29) is 17.8 Å². The zero-order valence-corrected chi connectivity index (χ0v) is 11.8. The Morgan fingerprint density at radius 2 is 2.14 bits per heavy atom. The fourth-order valence-corrected chi connectivity index (χ4v) is 2.19. The molecule has 1 aliphatic carbocycles. The van der Waals surface area contributed by atoms with Gasteiger partial charge in [0.1, 0.15) is 5.75 Å². The highest BCUT2D eigenvalue weighted by Crippen LogP contribution is 2.39. The molecule has 7 heteroatoms. The van der Waals surface area contributed by atoms with Crippen LogP contribution in [0, 0.1) is 11.8 Å². The first-order valence-electron chi connectivity index (χ1n) is 6.70. The fourth-order valence-electron chi connectivity index (χ4n) is 2.19. The number of aliphatic imine (C=N–C) groups is 1. The average Bonchev–Trinajstić information content (AvgIpc) is 3.06. The minimum Gasteiger partial charge on any atom is -0.406 e. The molecule has 0 saturated heterocycles. The molecular formula is C14H18F3N3O. The van der Waals surface area contributed by atoms with Crippen LogP contribution >= 0.6 is 0 Å². The summed E-state index contributed by atoms with van der Waals surface area (Å²) in [7, 11) is 0. The van der Waals surface area contributed by atoms with Gasteiger partial charge in [-0.15, -0.1) is 13.2 Å². The monoisotopic (exact) mass is 301 g/mol. The molecule has 21 heavy (non-hydrogen) atoms. The Balaban J connectivity index is 1.97. The van der Waals surface area contributed by atoms with E-state index < -0.39 is 6.36 Å². The largest absolute Gasteiger partial charge is 0.573 e. The van der Waals surface area contributed by atoms with E-state index in [0.717, 1.165) is 6.42 Å². The number of nitrogens with zero attached hydrogens (tertiary/aromatic N) is 1. The van der Waals surface area contributed by atoms with Crippen molar-refractivity contribution >= 4 is 11.6 Å². The van der Waals surface area contributed by atoms with Crippen LogP contribution in [0.3, 0.4) is 0 Å². The van der Waals surface area contributed by atoms with Crippen LogP contribution < -0.4 is 15.8 Å². The van der Waals surface area contributed by atoms with Gasteiger partial charge < -0.3 is 15.8 Å². The van der Waals surface area contributed by atoms with E-state index in [4.69, 9.17) is 5.73 Å². The van der Waals surface area contributed by atoms with Crippen LogP contribution in [0.5, 0.6) is 5.75 Å². The number of anilines is 1. The summed E-state index contributed by atoms with van der Waals surface area (Å²) in [5, 5.41) is 2.78. The summed E-state index contributed by atoms with van der Waals surface area (Å²) in [5.74, 6) is 0.986. The molecule has 0 heterocycles. The summed E-state index contributed by atoms with van der Waals surface area (Å²) in [4.78, 5) is 4.31. The third-order valence-electron chi connectivity index (χ3n) is 3.31. The van der Waals surface area contributed by atoms with Crippen molar-refractivity contribution in [2.24, 2.45) is 22.6 Å². The highest BCUT2D eigenvalue weighted by Gasteiger charge is 2.39. The summed E-state index contributed by atoms with van der Waals surface area (Å²) in [6, 6.07) is 5.69. The number of alkyl halides is 3. The molecule has 1 aromatic carbocycles. The van der Waals surface area contributed by atoms with Crippen molar-refractivity contribution in [3.05, 3.63) is 24.3 Å². The van der Waals surface area contributed by atoms with Gasteiger partial charge in [-0.1, -0.05) is 19.9 Å². The second kappa shape index (κ2) is 5.83. The Bertz CT molecular complexity index is 528. The smallest absolute Gasteiger partial charge is 0.406 e. The molecule has 2 rings (SSSR count). The van der Waals surface area contributed by atoms with Gasteiger partial charge in [-0.2, -0.15) is 0 Å². The Labute approximate surface area is 121 Å². The first-order valence-corrected chi connectivity index (χ1v) is 6.70.